The fourth-order valence-electron chi connectivity index (χ4n) is 3.70. The average molecular weight is 433 g/mol. The molecule has 0 bridgehead atoms. The van der Waals surface area contributed by atoms with Crippen LogP contribution in [0.25, 0.3) is 0 Å². The van der Waals surface area contributed by atoms with Crippen LogP contribution >= 0.6 is 0 Å². The molecule has 6 nitrogen and oxygen atoms in total. The van der Waals surface area contributed by atoms with Crippen LogP contribution in [0.5, 0.6) is 0 Å². The minimum absolute atomic E-state index is 0.380. The molecular weight excluding hydrogens is 411 g/mol. The number of hydrogen-bond acceptors (Lipinski definition) is 5. The second-order valence-corrected chi connectivity index (χ2v) is 7.71. The van der Waals surface area contributed by atoms with Gasteiger partial charge in [-0.1, -0.05) is 47.6 Å². The zero-order valence-electron chi connectivity index (χ0n) is 16.7. The van der Waals surface area contributed by atoms with Crippen molar-refractivity contribution in [2.24, 2.45) is 5.16 Å². The second-order valence-electron chi connectivity index (χ2n) is 7.71. The highest BCUT2D eigenvalue weighted by atomic mass is 19.4. The van der Waals surface area contributed by atoms with Crippen LogP contribution in [0.2, 0.25) is 0 Å². The normalized spacial score (nSPS) is 18.4. The summed E-state index contributed by atoms with van der Waals surface area (Å²) >= 11 is 0. The molecule has 9 heteroatoms. The molecule has 2 aromatic rings. The van der Waals surface area contributed by atoms with Crippen molar-refractivity contribution in [3.05, 3.63) is 71.3 Å². The standard InChI is InChI=1S/C22H22F3N3O3/c23-22(24,25)18-8-6-17(7-9-18)19-14-21(31-27-19)10-12-28(13-11-21)30-20(29)26-15-16-4-2-1-3-5-16/h1-9H,10-15H2,(H,26,29). The van der Waals surface area contributed by atoms with E-state index in [1.54, 1.807) is 5.06 Å². The van der Waals surface area contributed by atoms with Gasteiger partial charge in [0.1, 0.15) is 5.60 Å². The molecule has 0 atom stereocenters. The Hall–Kier alpha value is -3.07. The van der Waals surface area contributed by atoms with E-state index < -0.39 is 23.4 Å². The minimum atomic E-state index is -4.37. The first kappa shape index (κ1) is 21.2. The monoisotopic (exact) mass is 433 g/mol. The van der Waals surface area contributed by atoms with Crippen LogP contribution in [-0.2, 0) is 22.4 Å². The summed E-state index contributed by atoms with van der Waals surface area (Å²) in [4.78, 5) is 23.1. The van der Waals surface area contributed by atoms with Crippen LogP contribution in [0, 0.1) is 0 Å². The molecule has 4 rings (SSSR count). The smallest absolute Gasteiger partial charge is 0.388 e. The first-order valence-corrected chi connectivity index (χ1v) is 10.0. The summed E-state index contributed by atoms with van der Waals surface area (Å²) in [5, 5.41) is 8.42. The number of amides is 1. The molecule has 0 radical (unpaired) electrons. The maximum atomic E-state index is 12.7. The fraction of sp³-hybridized carbons (Fsp3) is 0.364. The minimum Gasteiger partial charge on any atom is -0.388 e. The summed E-state index contributed by atoms with van der Waals surface area (Å²) in [6.07, 6.45) is -3.20. The number of halogens is 3. The lowest BCUT2D eigenvalue weighted by Crippen LogP contribution is -2.46. The van der Waals surface area contributed by atoms with Crippen LogP contribution in [-0.4, -0.2) is 35.6 Å². The molecule has 0 saturated carbocycles. The highest BCUT2D eigenvalue weighted by Crippen LogP contribution is 2.37. The van der Waals surface area contributed by atoms with E-state index in [2.05, 4.69) is 10.5 Å². The quantitative estimate of drug-likeness (QED) is 0.771. The van der Waals surface area contributed by atoms with Crippen LogP contribution in [0.1, 0.15) is 36.0 Å². The van der Waals surface area contributed by atoms with Crippen LogP contribution in [0.3, 0.4) is 0 Å². The van der Waals surface area contributed by atoms with Gasteiger partial charge in [-0.3, -0.25) is 0 Å². The molecule has 1 spiro atoms. The molecule has 1 saturated heterocycles. The molecule has 1 N–H and O–H groups in total. The van der Waals surface area contributed by atoms with Gasteiger partial charge in [0.2, 0.25) is 0 Å². The molecule has 2 aliphatic heterocycles. The SMILES string of the molecule is O=C(NCc1ccccc1)ON1CCC2(CC1)CC(c1ccc(C(F)(F)F)cc1)=NO2. The van der Waals surface area contributed by atoms with E-state index in [0.717, 1.165) is 17.7 Å². The molecule has 0 aliphatic carbocycles. The van der Waals surface area contributed by atoms with Gasteiger partial charge in [-0.05, 0) is 23.3 Å². The Morgan fingerprint density at radius 2 is 1.77 bits per heavy atom. The van der Waals surface area contributed by atoms with Gasteiger partial charge < -0.3 is 15.0 Å². The number of rotatable bonds is 4. The zero-order valence-corrected chi connectivity index (χ0v) is 16.7. The summed E-state index contributed by atoms with van der Waals surface area (Å²) in [7, 11) is 0. The third kappa shape index (κ3) is 5.16. The maximum Gasteiger partial charge on any atom is 0.426 e. The third-order valence-corrected chi connectivity index (χ3v) is 5.51. The summed E-state index contributed by atoms with van der Waals surface area (Å²) in [6, 6.07) is 14.5. The zero-order chi connectivity index (χ0) is 21.9. The lowest BCUT2D eigenvalue weighted by molar-refractivity contribution is -0.157. The Labute approximate surface area is 177 Å². The summed E-state index contributed by atoms with van der Waals surface area (Å²) in [5.74, 6) is 0. The first-order chi connectivity index (χ1) is 14.8. The lowest BCUT2D eigenvalue weighted by Gasteiger charge is -2.35. The molecule has 2 aromatic carbocycles. The van der Waals surface area contributed by atoms with Crippen molar-refractivity contribution in [3.8, 4) is 0 Å². The molecule has 164 valence electrons. The highest BCUT2D eigenvalue weighted by molar-refractivity contribution is 6.01. The van der Waals surface area contributed by atoms with Crippen molar-refractivity contribution < 1.29 is 27.6 Å². The second kappa shape index (κ2) is 8.58. The number of carbonyl (C=O) groups excluding carboxylic acids is 1. The highest BCUT2D eigenvalue weighted by Gasteiger charge is 2.43. The predicted molar refractivity (Wildman–Crippen MR) is 107 cm³/mol. The average Bonchev–Trinajstić information content (AvgIpc) is 3.18. The largest absolute Gasteiger partial charge is 0.426 e. The molecule has 2 aliphatic rings. The fourth-order valence-corrected chi connectivity index (χ4v) is 3.70. The van der Waals surface area contributed by atoms with Gasteiger partial charge in [0.25, 0.3) is 0 Å². The van der Waals surface area contributed by atoms with Crippen LogP contribution < -0.4 is 5.32 Å². The molecule has 1 amide bonds. The summed E-state index contributed by atoms with van der Waals surface area (Å²) < 4.78 is 38.2. The van der Waals surface area contributed by atoms with Crippen LogP contribution in [0.15, 0.2) is 59.8 Å². The van der Waals surface area contributed by atoms with Crippen molar-refractivity contribution in [2.75, 3.05) is 13.1 Å². The van der Waals surface area contributed by atoms with Gasteiger partial charge in [0.05, 0.1) is 11.3 Å². The van der Waals surface area contributed by atoms with E-state index >= 15 is 0 Å². The van der Waals surface area contributed by atoms with Crippen molar-refractivity contribution in [1.82, 2.24) is 10.4 Å². The molecule has 31 heavy (non-hydrogen) atoms. The van der Waals surface area contributed by atoms with Gasteiger partial charge in [-0.2, -0.15) is 13.2 Å². The van der Waals surface area contributed by atoms with E-state index in [0.29, 0.717) is 50.2 Å². The number of piperidine rings is 1. The third-order valence-electron chi connectivity index (χ3n) is 5.51. The van der Waals surface area contributed by atoms with Gasteiger partial charge >= 0.3 is 12.3 Å². The number of nitrogens with zero attached hydrogens (tertiary/aromatic N) is 2. The molecule has 0 unspecified atom stereocenters. The topological polar surface area (TPSA) is 63.2 Å². The Balaban J connectivity index is 1.25. The van der Waals surface area contributed by atoms with Crippen molar-refractivity contribution in [2.45, 2.75) is 37.6 Å². The number of nitrogens with one attached hydrogen (secondary N) is 1. The Bertz CT molecular complexity index is 938. The predicted octanol–water partition coefficient (Wildman–Crippen LogP) is 4.51. The number of hydroxylamine groups is 2. The van der Waals surface area contributed by atoms with Gasteiger partial charge in [0.15, 0.2) is 0 Å². The Morgan fingerprint density at radius 3 is 2.42 bits per heavy atom. The van der Waals surface area contributed by atoms with E-state index in [4.69, 9.17) is 9.68 Å². The van der Waals surface area contributed by atoms with E-state index in [-0.39, 0.29) is 0 Å². The number of carbonyl (C=O) groups is 1. The van der Waals surface area contributed by atoms with Crippen molar-refractivity contribution in [1.29, 1.82) is 0 Å². The molecular formula is C22H22F3N3O3. The lowest BCUT2D eigenvalue weighted by atomic mass is 9.86. The number of hydrogen-bond donors (Lipinski definition) is 1. The molecule has 1 fully saturated rings. The van der Waals surface area contributed by atoms with Crippen LogP contribution in [0.4, 0.5) is 18.0 Å². The molecule has 0 aromatic heterocycles. The maximum absolute atomic E-state index is 12.7. The van der Waals surface area contributed by atoms with Crippen molar-refractivity contribution in [3.63, 3.8) is 0 Å². The van der Waals surface area contributed by atoms with Crippen molar-refractivity contribution >= 4 is 11.8 Å². The van der Waals surface area contributed by atoms with Gasteiger partial charge in [0, 0.05) is 38.9 Å². The van der Waals surface area contributed by atoms with Gasteiger partial charge in [-0.15, -0.1) is 5.06 Å². The summed E-state index contributed by atoms with van der Waals surface area (Å²) in [6.45, 7) is 1.34. The van der Waals surface area contributed by atoms with E-state index in [1.807, 2.05) is 30.3 Å². The summed E-state index contributed by atoms with van der Waals surface area (Å²) in [5.41, 5.74) is 1.01. The van der Waals surface area contributed by atoms with Gasteiger partial charge in [-0.25, -0.2) is 4.79 Å². The van der Waals surface area contributed by atoms with E-state index in [9.17, 15) is 18.0 Å². The number of benzene rings is 2. The Morgan fingerprint density at radius 1 is 1.10 bits per heavy atom. The molecule has 2 heterocycles. The number of oxime groups is 1. The first-order valence-electron chi connectivity index (χ1n) is 10.0. The number of alkyl halides is 3. The van der Waals surface area contributed by atoms with E-state index in [1.165, 1.54) is 12.1 Å². The Kier molecular flexibility index (Phi) is 5.86.